The van der Waals surface area contributed by atoms with Crippen LogP contribution in [0.2, 0.25) is 0 Å². The molecule has 1 heterocycles. The summed E-state index contributed by atoms with van der Waals surface area (Å²) in [5, 5.41) is 5.56. The van der Waals surface area contributed by atoms with Crippen molar-refractivity contribution in [3.8, 4) is 0 Å². The lowest BCUT2D eigenvalue weighted by atomic mass is 9.83. The molecule has 0 saturated heterocycles. The maximum Gasteiger partial charge on any atom is 0.0671 e. The Morgan fingerprint density at radius 1 is 1.53 bits per heavy atom. The van der Waals surface area contributed by atoms with Crippen LogP contribution in [-0.2, 0) is 11.3 Å². The molecule has 1 aliphatic rings. The second kappa shape index (κ2) is 7.14. The Balaban J connectivity index is 1.47. The average molecular weight is 253 g/mol. The van der Waals surface area contributed by atoms with Crippen molar-refractivity contribution in [2.45, 2.75) is 45.3 Å². The van der Waals surface area contributed by atoms with Gasteiger partial charge in [0, 0.05) is 24.6 Å². The molecule has 0 spiro atoms. The molecular weight excluding hydrogens is 230 g/mol. The fourth-order valence-corrected chi connectivity index (χ4v) is 2.76. The van der Waals surface area contributed by atoms with E-state index in [0.717, 1.165) is 25.6 Å². The maximum atomic E-state index is 5.81. The first-order valence-corrected chi connectivity index (χ1v) is 7.57. The summed E-state index contributed by atoms with van der Waals surface area (Å²) in [6.07, 6.45) is 5.87. The Morgan fingerprint density at radius 2 is 2.41 bits per heavy atom. The van der Waals surface area contributed by atoms with Gasteiger partial charge in [-0.2, -0.15) is 0 Å². The molecule has 0 aromatic carbocycles. The van der Waals surface area contributed by atoms with Crippen molar-refractivity contribution in [2.24, 2.45) is 5.92 Å². The molecule has 1 aliphatic carbocycles. The van der Waals surface area contributed by atoms with E-state index in [4.69, 9.17) is 4.74 Å². The standard InChI is InChI=1S/C14H23NOS/c1-12(16-8-7-13-4-2-5-13)10-15-11-14-6-3-9-17-14/h3,6,9,12-13,15H,2,4-5,7-8,10-11H2,1H3. The molecule has 1 N–H and O–H groups in total. The normalized spacial score (nSPS) is 17.9. The summed E-state index contributed by atoms with van der Waals surface area (Å²) in [6.45, 7) is 5.01. The third kappa shape index (κ3) is 4.78. The molecule has 2 rings (SSSR count). The number of thiophene rings is 1. The number of ether oxygens (including phenoxy) is 1. The number of rotatable bonds is 8. The average Bonchev–Trinajstić information content (AvgIpc) is 2.75. The van der Waals surface area contributed by atoms with Crippen LogP contribution in [0.1, 0.15) is 37.5 Å². The van der Waals surface area contributed by atoms with Crippen LogP contribution in [0.5, 0.6) is 0 Å². The molecule has 0 bridgehead atoms. The minimum absolute atomic E-state index is 0.329. The van der Waals surface area contributed by atoms with Gasteiger partial charge in [0.25, 0.3) is 0 Å². The molecule has 1 aromatic rings. The fraction of sp³-hybridized carbons (Fsp3) is 0.714. The SMILES string of the molecule is CC(CNCc1cccs1)OCCC1CCC1. The highest BCUT2D eigenvalue weighted by molar-refractivity contribution is 7.09. The first kappa shape index (κ1) is 13.1. The third-order valence-corrected chi connectivity index (χ3v) is 4.34. The summed E-state index contributed by atoms with van der Waals surface area (Å²) in [7, 11) is 0. The van der Waals surface area contributed by atoms with E-state index < -0.39 is 0 Å². The molecule has 17 heavy (non-hydrogen) atoms. The second-order valence-electron chi connectivity index (χ2n) is 4.98. The van der Waals surface area contributed by atoms with Crippen molar-refractivity contribution in [3.05, 3.63) is 22.4 Å². The van der Waals surface area contributed by atoms with E-state index in [-0.39, 0.29) is 0 Å². The topological polar surface area (TPSA) is 21.3 Å². The fourth-order valence-electron chi connectivity index (χ4n) is 2.09. The zero-order chi connectivity index (χ0) is 11.9. The van der Waals surface area contributed by atoms with E-state index in [1.165, 1.54) is 30.6 Å². The van der Waals surface area contributed by atoms with E-state index in [9.17, 15) is 0 Å². The zero-order valence-corrected chi connectivity index (χ0v) is 11.5. The molecular formula is C14H23NOS. The summed E-state index contributed by atoms with van der Waals surface area (Å²) >= 11 is 1.80. The van der Waals surface area contributed by atoms with Gasteiger partial charge in [0.2, 0.25) is 0 Å². The molecule has 0 amide bonds. The number of hydrogen-bond acceptors (Lipinski definition) is 3. The summed E-state index contributed by atoms with van der Waals surface area (Å²) in [6, 6.07) is 4.26. The van der Waals surface area contributed by atoms with Crippen molar-refractivity contribution in [1.82, 2.24) is 5.32 Å². The van der Waals surface area contributed by atoms with Gasteiger partial charge in [0.05, 0.1) is 6.10 Å². The van der Waals surface area contributed by atoms with Crippen LogP contribution in [0.15, 0.2) is 17.5 Å². The molecule has 1 aromatic heterocycles. The molecule has 1 saturated carbocycles. The maximum absolute atomic E-state index is 5.81. The lowest BCUT2D eigenvalue weighted by Crippen LogP contribution is -2.27. The van der Waals surface area contributed by atoms with Crippen molar-refractivity contribution in [2.75, 3.05) is 13.2 Å². The van der Waals surface area contributed by atoms with Crippen molar-refractivity contribution < 1.29 is 4.74 Å². The smallest absolute Gasteiger partial charge is 0.0671 e. The largest absolute Gasteiger partial charge is 0.377 e. The van der Waals surface area contributed by atoms with Crippen LogP contribution in [0.3, 0.4) is 0 Å². The van der Waals surface area contributed by atoms with Gasteiger partial charge in [-0.1, -0.05) is 25.3 Å². The number of nitrogens with one attached hydrogen (secondary N) is 1. The van der Waals surface area contributed by atoms with Gasteiger partial charge in [-0.15, -0.1) is 11.3 Å². The second-order valence-corrected chi connectivity index (χ2v) is 6.01. The van der Waals surface area contributed by atoms with E-state index >= 15 is 0 Å². The first-order valence-electron chi connectivity index (χ1n) is 6.69. The van der Waals surface area contributed by atoms with Gasteiger partial charge in [0.1, 0.15) is 0 Å². The van der Waals surface area contributed by atoms with Crippen molar-refractivity contribution >= 4 is 11.3 Å². The van der Waals surface area contributed by atoms with Crippen LogP contribution in [-0.4, -0.2) is 19.3 Å². The van der Waals surface area contributed by atoms with Crippen molar-refractivity contribution in [1.29, 1.82) is 0 Å². The Labute approximate surface area is 108 Å². The van der Waals surface area contributed by atoms with Gasteiger partial charge >= 0.3 is 0 Å². The lowest BCUT2D eigenvalue weighted by molar-refractivity contribution is 0.0491. The predicted molar refractivity (Wildman–Crippen MR) is 73.4 cm³/mol. The van der Waals surface area contributed by atoms with Crippen molar-refractivity contribution in [3.63, 3.8) is 0 Å². The lowest BCUT2D eigenvalue weighted by Gasteiger charge is -2.25. The van der Waals surface area contributed by atoms with E-state index in [1.807, 2.05) is 0 Å². The van der Waals surface area contributed by atoms with Gasteiger partial charge in [-0.3, -0.25) is 0 Å². The summed E-state index contributed by atoms with van der Waals surface area (Å²) < 4.78 is 5.81. The summed E-state index contributed by atoms with van der Waals surface area (Å²) in [5.74, 6) is 0.960. The number of hydrogen-bond donors (Lipinski definition) is 1. The Morgan fingerprint density at radius 3 is 3.06 bits per heavy atom. The highest BCUT2D eigenvalue weighted by Crippen LogP contribution is 2.29. The predicted octanol–water partition coefficient (Wildman–Crippen LogP) is 3.43. The van der Waals surface area contributed by atoms with Crippen LogP contribution in [0.4, 0.5) is 0 Å². The van der Waals surface area contributed by atoms with Gasteiger partial charge in [0.15, 0.2) is 0 Å². The molecule has 96 valence electrons. The Bertz CT molecular complexity index is 295. The third-order valence-electron chi connectivity index (χ3n) is 3.46. The monoisotopic (exact) mass is 253 g/mol. The summed E-state index contributed by atoms with van der Waals surface area (Å²) in [5.41, 5.74) is 0. The molecule has 1 atom stereocenters. The van der Waals surface area contributed by atoms with E-state index in [1.54, 1.807) is 11.3 Å². The minimum Gasteiger partial charge on any atom is -0.377 e. The first-order chi connectivity index (χ1) is 8.34. The molecule has 0 radical (unpaired) electrons. The van der Waals surface area contributed by atoms with E-state index in [0.29, 0.717) is 6.10 Å². The highest BCUT2D eigenvalue weighted by Gasteiger charge is 2.16. The summed E-state index contributed by atoms with van der Waals surface area (Å²) in [4.78, 5) is 1.40. The van der Waals surface area contributed by atoms with Crippen LogP contribution in [0.25, 0.3) is 0 Å². The Kier molecular flexibility index (Phi) is 5.49. The van der Waals surface area contributed by atoms with Crippen LogP contribution < -0.4 is 5.32 Å². The zero-order valence-electron chi connectivity index (χ0n) is 10.7. The quantitative estimate of drug-likeness (QED) is 0.766. The molecule has 1 unspecified atom stereocenters. The van der Waals surface area contributed by atoms with Gasteiger partial charge in [-0.05, 0) is 30.7 Å². The van der Waals surface area contributed by atoms with Gasteiger partial charge < -0.3 is 10.1 Å². The van der Waals surface area contributed by atoms with Crippen LogP contribution in [0, 0.1) is 5.92 Å². The molecule has 3 heteroatoms. The van der Waals surface area contributed by atoms with Gasteiger partial charge in [-0.25, -0.2) is 0 Å². The molecule has 1 fully saturated rings. The van der Waals surface area contributed by atoms with Crippen LogP contribution >= 0.6 is 11.3 Å². The molecule has 2 nitrogen and oxygen atoms in total. The Hall–Kier alpha value is -0.380. The minimum atomic E-state index is 0.329. The highest BCUT2D eigenvalue weighted by atomic mass is 32.1. The van der Waals surface area contributed by atoms with E-state index in [2.05, 4.69) is 29.8 Å². The molecule has 0 aliphatic heterocycles.